The zero-order valence-electron chi connectivity index (χ0n) is 12.5. The monoisotopic (exact) mass is 310 g/mol. The minimum Gasteiger partial charge on any atom is -0.461 e. The van der Waals surface area contributed by atoms with Gasteiger partial charge in [0.2, 0.25) is 0 Å². The highest BCUT2D eigenvalue weighted by molar-refractivity contribution is 6.02. The highest BCUT2D eigenvalue weighted by Gasteiger charge is 2.11. The number of carbonyl (C=O) groups is 1. The summed E-state index contributed by atoms with van der Waals surface area (Å²) in [6, 6.07) is 16.2. The molecule has 0 aliphatic rings. The van der Waals surface area contributed by atoms with Crippen LogP contribution in [0.25, 0.3) is 11.3 Å². The molecule has 3 rings (SSSR count). The van der Waals surface area contributed by atoms with Crippen molar-refractivity contribution in [2.45, 2.75) is 6.92 Å². The number of benzene rings is 2. The van der Waals surface area contributed by atoms with E-state index in [1.54, 1.807) is 6.07 Å². The second-order valence-corrected chi connectivity index (χ2v) is 5.04. The molecule has 5 heteroatoms. The molecular formula is C18H15FN2O2. The maximum absolute atomic E-state index is 12.9. The first kappa shape index (κ1) is 14.8. The van der Waals surface area contributed by atoms with Gasteiger partial charge in [-0.25, -0.2) is 9.18 Å². The third-order valence-corrected chi connectivity index (χ3v) is 3.28. The van der Waals surface area contributed by atoms with Crippen LogP contribution in [-0.4, -0.2) is 6.03 Å². The zero-order chi connectivity index (χ0) is 16.2. The van der Waals surface area contributed by atoms with E-state index in [4.69, 9.17) is 4.42 Å². The molecule has 0 bridgehead atoms. The van der Waals surface area contributed by atoms with Crippen molar-refractivity contribution in [2.75, 3.05) is 10.6 Å². The molecule has 0 aliphatic heterocycles. The number of hydrogen-bond acceptors (Lipinski definition) is 2. The van der Waals surface area contributed by atoms with Crippen LogP contribution >= 0.6 is 0 Å². The number of nitrogens with one attached hydrogen (secondary N) is 2. The summed E-state index contributed by atoms with van der Waals surface area (Å²) >= 11 is 0. The fraction of sp³-hybridized carbons (Fsp3) is 0.0556. The van der Waals surface area contributed by atoms with E-state index in [0.717, 1.165) is 11.3 Å². The van der Waals surface area contributed by atoms with Crippen LogP contribution in [0.4, 0.5) is 20.6 Å². The van der Waals surface area contributed by atoms with Crippen LogP contribution in [0.1, 0.15) is 5.76 Å². The molecule has 2 aromatic carbocycles. The third kappa shape index (κ3) is 3.58. The van der Waals surface area contributed by atoms with Crippen LogP contribution in [0.5, 0.6) is 0 Å². The summed E-state index contributed by atoms with van der Waals surface area (Å²) in [5.74, 6) is 1.13. The molecule has 0 atom stereocenters. The molecule has 0 fully saturated rings. The maximum atomic E-state index is 12.9. The van der Waals surface area contributed by atoms with E-state index in [9.17, 15) is 9.18 Å². The van der Waals surface area contributed by atoms with Crippen LogP contribution in [0, 0.1) is 12.7 Å². The van der Waals surface area contributed by atoms with Gasteiger partial charge in [0.05, 0.1) is 5.69 Å². The van der Waals surface area contributed by atoms with Crippen LogP contribution in [0.3, 0.4) is 0 Å². The number of furan rings is 1. The normalized spacial score (nSPS) is 10.3. The molecule has 1 aromatic heterocycles. The highest BCUT2D eigenvalue weighted by Crippen LogP contribution is 2.29. The van der Waals surface area contributed by atoms with E-state index in [1.807, 2.05) is 37.3 Å². The van der Waals surface area contributed by atoms with Crippen LogP contribution in [-0.2, 0) is 0 Å². The molecule has 0 unspecified atom stereocenters. The Hall–Kier alpha value is -3.08. The molecule has 2 amide bonds. The second kappa shape index (κ2) is 6.36. The molecule has 0 radical (unpaired) electrons. The molecule has 4 nitrogen and oxygen atoms in total. The lowest BCUT2D eigenvalue weighted by atomic mass is 10.1. The largest absolute Gasteiger partial charge is 0.461 e. The molecule has 116 valence electrons. The van der Waals surface area contributed by atoms with Crippen molar-refractivity contribution in [3.8, 4) is 11.3 Å². The van der Waals surface area contributed by atoms with E-state index in [-0.39, 0.29) is 5.82 Å². The van der Waals surface area contributed by atoms with Crippen molar-refractivity contribution in [3.05, 3.63) is 72.2 Å². The van der Waals surface area contributed by atoms with Gasteiger partial charge in [-0.3, -0.25) is 0 Å². The number of para-hydroxylation sites is 1. The zero-order valence-corrected chi connectivity index (χ0v) is 12.5. The predicted molar refractivity (Wildman–Crippen MR) is 87.9 cm³/mol. The Morgan fingerprint density at radius 3 is 2.39 bits per heavy atom. The second-order valence-electron chi connectivity index (χ2n) is 5.04. The van der Waals surface area contributed by atoms with Gasteiger partial charge < -0.3 is 15.1 Å². The fourth-order valence-corrected chi connectivity index (χ4v) is 2.20. The molecule has 3 aromatic rings. The summed E-state index contributed by atoms with van der Waals surface area (Å²) in [4.78, 5) is 12.1. The summed E-state index contributed by atoms with van der Waals surface area (Å²) in [7, 11) is 0. The minimum absolute atomic E-state index is 0.352. The van der Waals surface area contributed by atoms with E-state index in [1.165, 1.54) is 24.3 Å². The summed E-state index contributed by atoms with van der Waals surface area (Å²) in [6.07, 6.45) is 0. The molecule has 23 heavy (non-hydrogen) atoms. The van der Waals surface area contributed by atoms with Crippen LogP contribution < -0.4 is 10.6 Å². The average molecular weight is 310 g/mol. The molecule has 0 saturated heterocycles. The quantitative estimate of drug-likeness (QED) is 0.712. The number of rotatable bonds is 3. The van der Waals surface area contributed by atoms with E-state index >= 15 is 0 Å². The fourth-order valence-electron chi connectivity index (χ4n) is 2.20. The van der Waals surface area contributed by atoms with Crippen LogP contribution in [0.15, 0.2) is 65.1 Å². The number of anilines is 2. The number of amides is 2. The van der Waals surface area contributed by atoms with Gasteiger partial charge in [0.25, 0.3) is 0 Å². The van der Waals surface area contributed by atoms with Gasteiger partial charge in [-0.1, -0.05) is 12.1 Å². The molecular weight excluding hydrogens is 295 g/mol. The maximum Gasteiger partial charge on any atom is 0.323 e. The summed E-state index contributed by atoms with van der Waals surface area (Å²) in [5.41, 5.74) is 1.92. The Morgan fingerprint density at radius 2 is 1.70 bits per heavy atom. The van der Waals surface area contributed by atoms with Gasteiger partial charge in [-0.2, -0.15) is 0 Å². The van der Waals surface area contributed by atoms with Crippen molar-refractivity contribution < 1.29 is 13.6 Å². The number of halogens is 1. The van der Waals surface area contributed by atoms with Gasteiger partial charge >= 0.3 is 6.03 Å². The number of aryl methyl sites for hydroxylation is 1. The van der Waals surface area contributed by atoms with Gasteiger partial charge in [0.15, 0.2) is 0 Å². The van der Waals surface area contributed by atoms with Crippen molar-refractivity contribution in [2.24, 2.45) is 0 Å². The smallest absolute Gasteiger partial charge is 0.323 e. The Bertz CT molecular complexity index is 825. The first-order valence-corrected chi connectivity index (χ1v) is 7.11. The van der Waals surface area contributed by atoms with Crippen molar-refractivity contribution in [1.82, 2.24) is 0 Å². The lowest BCUT2D eigenvalue weighted by Crippen LogP contribution is -2.19. The summed E-state index contributed by atoms with van der Waals surface area (Å²) in [5, 5.41) is 5.43. The van der Waals surface area contributed by atoms with Crippen molar-refractivity contribution >= 4 is 17.4 Å². The Morgan fingerprint density at radius 1 is 0.957 bits per heavy atom. The van der Waals surface area contributed by atoms with Gasteiger partial charge in [0, 0.05) is 11.3 Å². The van der Waals surface area contributed by atoms with Crippen LogP contribution in [0.2, 0.25) is 0 Å². The average Bonchev–Trinajstić information content (AvgIpc) is 2.96. The van der Waals surface area contributed by atoms with Crippen molar-refractivity contribution in [3.63, 3.8) is 0 Å². The number of hydrogen-bond donors (Lipinski definition) is 2. The Kier molecular flexibility index (Phi) is 4.10. The molecule has 0 spiro atoms. The van der Waals surface area contributed by atoms with Gasteiger partial charge in [-0.05, 0) is 55.5 Å². The molecule has 2 N–H and O–H groups in total. The summed E-state index contributed by atoms with van der Waals surface area (Å²) < 4.78 is 18.5. The Labute approximate surface area is 132 Å². The predicted octanol–water partition coefficient (Wildman–Crippen LogP) is 5.04. The topological polar surface area (TPSA) is 54.3 Å². The van der Waals surface area contributed by atoms with E-state index in [0.29, 0.717) is 17.1 Å². The number of urea groups is 1. The first-order chi connectivity index (χ1) is 11.1. The first-order valence-electron chi connectivity index (χ1n) is 7.11. The standard InChI is InChI=1S/C18H15FN2O2/c1-12-6-11-17(23-12)15-4-2-3-5-16(15)21-18(22)20-14-9-7-13(19)8-10-14/h2-11H,1H3,(H2,20,21,22). The van der Waals surface area contributed by atoms with Gasteiger partial charge in [0.1, 0.15) is 17.3 Å². The highest BCUT2D eigenvalue weighted by atomic mass is 19.1. The lowest BCUT2D eigenvalue weighted by Gasteiger charge is -2.10. The van der Waals surface area contributed by atoms with E-state index in [2.05, 4.69) is 10.6 Å². The summed E-state index contributed by atoms with van der Waals surface area (Å²) in [6.45, 7) is 1.86. The molecule has 0 aliphatic carbocycles. The lowest BCUT2D eigenvalue weighted by molar-refractivity contribution is 0.262. The van der Waals surface area contributed by atoms with E-state index < -0.39 is 6.03 Å². The minimum atomic E-state index is -0.410. The molecule has 0 saturated carbocycles. The van der Waals surface area contributed by atoms with Crippen molar-refractivity contribution in [1.29, 1.82) is 0 Å². The SMILES string of the molecule is Cc1ccc(-c2ccccc2NC(=O)Nc2ccc(F)cc2)o1. The van der Waals surface area contributed by atoms with Gasteiger partial charge in [-0.15, -0.1) is 0 Å². The number of carbonyl (C=O) groups excluding carboxylic acids is 1. The third-order valence-electron chi connectivity index (χ3n) is 3.28. The molecule has 1 heterocycles. The Balaban J connectivity index is 1.77.